The van der Waals surface area contributed by atoms with Crippen molar-refractivity contribution in [1.29, 1.82) is 0 Å². The standard InChI is InChI=1S/C19H19N3/c20-18(11-14-5-2-1-3-6-14)16-8-4-7-15(12-16)17-9-10-19(21)22-13-17/h1-10,12-13,18H,11,20H2,(H2,21,22). The molecule has 22 heavy (non-hydrogen) atoms. The Morgan fingerprint density at radius 1 is 0.864 bits per heavy atom. The van der Waals surface area contributed by atoms with Crippen molar-refractivity contribution in [3.8, 4) is 11.1 Å². The minimum Gasteiger partial charge on any atom is -0.384 e. The quantitative estimate of drug-likeness (QED) is 0.771. The van der Waals surface area contributed by atoms with Crippen LogP contribution in [0.3, 0.4) is 0 Å². The predicted molar refractivity (Wildman–Crippen MR) is 91.2 cm³/mol. The summed E-state index contributed by atoms with van der Waals surface area (Å²) in [5.41, 5.74) is 16.5. The molecule has 0 bridgehead atoms. The maximum atomic E-state index is 6.36. The molecular formula is C19H19N3. The van der Waals surface area contributed by atoms with Gasteiger partial charge in [0.25, 0.3) is 0 Å². The average molecular weight is 289 g/mol. The molecule has 1 unspecified atom stereocenters. The van der Waals surface area contributed by atoms with Crippen molar-refractivity contribution in [3.05, 3.63) is 84.1 Å². The Kier molecular flexibility index (Phi) is 4.17. The smallest absolute Gasteiger partial charge is 0.123 e. The Labute approximate surface area is 130 Å². The highest BCUT2D eigenvalue weighted by Gasteiger charge is 2.08. The molecule has 4 N–H and O–H groups in total. The van der Waals surface area contributed by atoms with Crippen molar-refractivity contribution in [2.24, 2.45) is 5.73 Å². The van der Waals surface area contributed by atoms with E-state index in [2.05, 4.69) is 35.3 Å². The third-order valence-corrected chi connectivity index (χ3v) is 3.73. The third-order valence-electron chi connectivity index (χ3n) is 3.73. The van der Waals surface area contributed by atoms with Gasteiger partial charge in [-0.25, -0.2) is 4.98 Å². The van der Waals surface area contributed by atoms with E-state index in [0.29, 0.717) is 5.82 Å². The predicted octanol–water partition coefficient (Wildman–Crippen LogP) is 3.57. The van der Waals surface area contributed by atoms with Gasteiger partial charge >= 0.3 is 0 Å². The molecule has 1 aromatic heterocycles. The van der Waals surface area contributed by atoms with Gasteiger partial charge < -0.3 is 11.5 Å². The highest BCUT2D eigenvalue weighted by Crippen LogP contribution is 2.24. The monoisotopic (exact) mass is 289 g/mol. The summed E-state index contributed by atoms with van der Waals surface area (Å²) < 4.78 is 0. The maximum absolute atomic E-state index is 6.36. The Bertz CT molecular complexity index is 736. The molecule has 3 rings (SSSR count). The number of hydrogen-bond donors (Lipinski definition) is 2. The first-order valence-electron chi connectivity index (χ1n) is 7.34. The van der Waals surface area contributed by atoms with Crippen LogP contribution in [-0.2, 0) is 6.42 Å². The van der Waals surface area contributed by atoms with E-state index in [4.69, 9.17) is 11.5 Å². The van der Waals surface area contributed by atoms with Crippen LogP contribution < -0.4 is 11.5 Å². The number of hydrogen-bond acceptors (Lipinski definition) is 3. The fraction of sp³-hybridized carbons (Fsp3) is 0.105. The Balaban J connectivity index is 1.83. The number of aromatic nitrogens is 1. The molecule has 0 amide bonds. The lowest BCUT2D eigenvalue weighted by Gasteiger charge is -2.13. The molecule has 0 aliphatic carbocycles. The molecule has 110 valence electrons. The molecule has 0 spiro atoms. The van der Waals surface area contributed by atoms with Crippen LogP contribution in [0.5, 0.6) is 0 Å². The number of anilines is 1. The van der Waals surface area contributed by atoms with Crippen molar-refractivity contribution < 1.29 is 0 Å². The summed E-state index contributed by atoms with van der Waals surface area (Å²) in [5.74, 6) is 0.528. The van der Waals surface area contributed by atoms with Gasteiger partial charge in [-0.1, -0.05) is 48.5 Å². The van der Waals surface area contributed by atoms with Crippen LogP contribution in [-0.4, -0.2) is 4.98 Å². The molecule has 2 aromatic carbocycles. The van der Waals surface area contributed by atoms with Gasteiger partial charge in [-0.3, -0.25) is 0 Å². The van der Waals surface area contributed by atoms with Crippen LogP contribution in [0.25, 0.3) is 11.1 Å². The summed E-state index contributed by atoms with van der Waals surface area (Å²) in [6.45, 7) is 0. The minimum absolute atomic E-state index is 0.0240. The fourth-order valence-corrected chi connectivity index (χ4v) is 2.51. The first-order valence-corrected chi connectivity index (χ1v) is 7.34. The van der Waals surface area contributed by atoms with E-state index in [9.17, 15) is 0 Å². The molecule has 0 saturated carbocycles. The molecule has 1 atom stereocenters. The van der Waals surface area contributed by atoms with Crippen molar-refractivity contribution >= 4 is 5.82 Å². The molecule has 3 aromatic rings. The van der Waals surface area contributed by atoms with Gasteiger partial charge in [-0.15, -0.1) is 0 Å². The van der Waals surface area contributed by atoms with Crippen LogP contribution in [0.15, 0.2) is 72.9 Å². The summed E-state index contributed by atoms with van der Waals surface area (Å²) in [6, 6.07) is 22.4. The van der Waals surface area contributed by atoms with Gasteiger partial charge in [0.05, 0.1) is 0 Å². The molecule has 0 aliphatic heterocycles. The molecule has 0 fully saturated rings. The number of rotatable bonds is 4. The van der Waals surface area contributed by atoms with E-state index in [0.717, 1.165) is 23.1 Å². The second-order valence-corrected chi connectivity index (χ2v) is 5.39. The number of nitrogen functional groups attached to an aromatic ring is 1. The summed E-state index contributed by atoms with van der Waals surface area (Å²) in [7, 11) is 0. The topological polar surface area (TPSA) is 64.9 Å². The maximum Gasteiger partial charge on any atom is 0.123 e. The minimum atomic E-state index is -0.0240. The molecule has 3 nitrogen and oxygen atoms in total. The summed E-state index contributed by atoms with van der Waals surface area (Å²) in [5, 5.41) is 0. The lowest BCUT2D eigenvalue weighted by atomic mass is 9.96. The van der Waals surface area contributed by atoms with E-state index in [-0.39, 0.29) is 6.04 Å². The van der Waals surface area contributed by atoms with Crippen LogP contribution >= 0.6 is 0 Å². The first-order chi connectivity index (χ1) is 10.7. The molecule has 3 heteroatoms. The molecule has 0 aliphatic rings. The van der Waals surface area contributed by atoms with Crippen LogP contribution in [0.1, 0.15) is 17.2 Å². The average Bonchev–Trinajstić information content (AvgIpc) is 2.56. The summed E-state index contributed by atoms with van der Waals surface area (Å²) in [4.78, 5) is 4.14. The number of pyridine rings is 1. The van der Waals surface area contributed by atoms with Crippen LogP contribution in [0.2, 0.25) is 0 Å². The van der Waals surface area contributed by atoms with Crippen molar-refractivity contribution in [2.75, 3.05) is 5.73 Å². The Morgan fingerprint density at radius 3 is 2.41 bits per heavy atom. The lowest BCUT2D eigenvalue weighted by Crippen LogP contribution is -2.13. The number of nitrogens with two attached hydrogens (primary N) is 2. The molecule has 0 radical (unpaired) electrons. The normalized spacial score (nSPS) is 12.0. The Morgan fingerprint density at radius 2 is 1.68 bits per heavy atom. The third kappa shape index (κ3) is 3.32. The summed E-state index contributed by atoms with van der Waals surface area (Å²) in [6.07, 6.45) is 2.61. The zero-order chi connectivity index (χ0) is 15.4. The van der Waals surface area contributed by atoms with Gasteiger partial charge in [-0.05, 0) is 41.3 Å². The fourth-order valence-electron chi connectivity index (χ4n) is 2.51. The largest absolute Gasteiger partial charge is 0.384 e. The van der Waals surface area contributed by atoms with Gasteiger partial charge in [0.15, 0.2) is 0 Å². The van der Waals surface area contributed by atoms with E-state index in [1.54, 1.807) is 6.20 Å². The van der Waals surface area contributed by atoms with Gasteiger partial charge in [0.1, 0.15) is 5.82 Å². The van der Waals surface area contributed by atoms with Gasteiger partial charge in [0.2, 0.25) is 0 Å². The van der Waals surface area contributed by atoms with E-state index < -0.39 is 0 Å². The zero-order valence-electron chi connectivity index (χ0n) is 12.3. The van der Waals surface area contributed by atoms with E-state index >= 15 is 0 Å². The van der Waals surface area contributed by atoms with Gasteiger partial charge in [0, 0.05) is 17.8 Å². The van der Waals surface area contributed by atoms with E-state index in [1.165, 1.54) is 5.56 Å². The SMILES string of the molecule is Nc1ccc(-c2cccc(C(N)Cc3ccccc3)c2)cn1. The molecular weight excluding hydrogens is 270 g/mol. The highest BCUT2D eigenvalue weighted by molar-refractivity contribution is 5.64. The lowest BCUT2D eigenvalue weighted by molar-refractivity contribution is 0.722. The van der Waals surface area contributed by atoms with Crippen molar-refractivity contribution in [1.82, 2.24) is 4.98 Å². The van der Waals surface area contributed by atoms with Crippen LogP contribution in [0.4, 0.5) is 5.82 Å². The highest BCUT2D eigenvalue weighted by atomic mass is 14.8. The van der Waals surface area contributed by atoms with Crippen molar-refractivity contribution in [3.63, 3.8) is 0 Å². The van der Waals surface area contributed by atoms with Gasteiger partial charge in [-0.2, -0.15) is 0 Å². The van der Waals surface area contributed by atoms with Crippen LogP contribution in [0, 0.1) is 0 Å². The van der Waals surface area contributed by atoms with E-state index in [1.807, 2.05) is 36.4 Å². The second kappa shape index (κ2) is 6.41. The first kappa shape index (κ1) is 14.3. The number of nitrogens with zero attached hydrogens (tertiary/aromatic N) is 1. The second-order valence-electron chi connectivity index (χ2n) is 5.39. The summed E-state index contributed by atoms with van der Waals surface area (Å²) >= 11 is 0. The van der Waals surface area contributed by atoms with Crippen molar-refractivity contribution in [2.45, 2.75) is 12.5 Å². The molecule has 1 heterocycles. The Hall–Kier alpha value is -2.65. The zero-order valence-corrected chi connectivity index (χ0v) is 12.3. The number of benzene rings is 2. The molecule has 0 saturated heterocycles.